The quantitative estimate of drug-likeness (QED) is 0.630. The van der Waals surface area contributed by atoms with Gasteiger partial charge in [0, 0.05) is 6.85 Å². The maximum absolute atomic E-state index is 8.32. The average molecular weight is 195 g/mol. The summed E-state index contributed by atoms with van der Waals surface area (Å²) in [7, 11) is 0. The molecule has 78 valence electrons. The van der Waals surface area contributed by atoms with Gasteiger partial charge in [-0.1, -0.05) is 32.9 Å². The monoisotopic (exact) mass is 195 g/mol. The van der Waals surface area contributed by atoms with Gasteiger partial charge < -0.3 is 0 Å². The van der Waals surface area contributed by atoms with E-state index in [2.05, 4.69) is 0 Å². The summed E-state index contributed by atoms with van der Waals surface area (Å²) in [6, 6.07) is 3.42. The van der Waals surface area contributed by atoms with Crippen LogP contribution in [-0.2, 0) is 6.37 Å². The molecule has 14 heavy (non-hydrogen) atoms. The fourth-order valence-electron chi connectivity index (χ4n) is 1.32. The van der Waals surface area contributed by atoms with Crippen molar-refractivity contribution in [3.63, 3.8) is 0 Å². The van der Waals surface area contributed by atoms with Gasteiger partial charge in [-0.25, -0.2) is 0 Å². The number of hydrogen-bond acceptors (Lipinski definition) is 0. The van der Waals surface area contributed by atoms with Crippen molar-refractivity contribution < 1.29 is 6.85 Å². The molecule has 0 aromatic heterocycles. The summed E-state index contributed by atoms with van der Waals surface area (Å²) in [5, 5.41) is 0. The molecule has 0 heterocycles. The van der Waals surface area contributed by atoms with Crippen molar-refractivity contribution in [1.82, 2.24) is 0 Å². The number of benzene rings is 1. The van der Waals surface area contributed by atoms with Crippen LogP contribution in [0.15, 0.2) is 12.1 Å². The maximum Gasteiger partial charge on any atom is 0.0321 e. The van der Waals surface area contributed by atoms with Gasteiger partial charge in [-0.3, -0.25) is 0 Å². The second-order valence-electron chi connectivity index (χ2n) is 4.81. The summed E-state index contributed by atoms with van der Waals surface area (Å²) in [4.78, 5) is 0. The van der Waals surface area contributed by atoms with Crippen molar-refractivity contribution in [3.8, 4) is 0 Å². The van der Waals surface area contributed by atoms with Crippen molar-refractivity contribution in [3.05, 3.63) is 34.4 Å². The molecular formula is C14H22. The van der Waals surface area contributed by atoms with Gasteiger partial charge in [-0.05, 0) is 54.7 Å². The SMILES string of the molecule is [2H]C([2H])([2H])c1c(C([2H])([2H])C(C)(C)C)ccc(C)c1C. The third-order valence-electron chi connectivity index (χ3n) is 2.25. The maximum atomic E-state index is 8.32. The van der Waals surface area contributed by atoms with Crippen molar-refractivity contribution in [2.24, 2.45) is 5.41 Å². The van der Waals surface area contributed by atoms with Gasteiger partial charge >= 0.3 is 0 Å². The Bertz CT molecular complexity index is 478. The van der Waals surface area contributed by atoms with Crippen LogP contribution in [0.1, 0.15) is 49.9 Å². The number of rotatable bonds is 1. The summed E-state index contributed by atoms with van der Waals surface area (Å²) < 4.78 is 39.8. The molecule has 0 atom stereocenters. The Labute approximate surface area is 95.4 Å². The standard InChI is InChI=1S/C14H22/c1-10-7-8-13(9-14(4,5)6)12(3)11(10)2/h7-8H,9H2,1-6H3/i3D3,9D2. The van der Waals surface area contributed by atoms with Crippen LogP contribution in [0.4, 0.5) is 0 Å². The summed E-state index contributed by atoms with van der Waals surface area (Å²) in [5.41, 5.74) is 1.30. The minimum absolute atomic E-state index is 0.160. The van der Waals surface area contributed by atoms with Gasteiger partial charge in [0.1, 0.15) is 0 Å². The molecule has 0 fully saturated rings. The first-order valence-electron chi connectivity index (χ1n) is 7.41. The van der Waals surface area contributed by atoms with E-state index in [0.717, 1.165) is 5.56 Å². The molecular weight excluding hydrogens is 168 g/mol. The smallest absolute Gasteiger partial charge is 0.0321 e. The first kappa shape index (κ1) is 5.95. The lowest BCUT2D eigenvalue weighted by molar-refractivity contribution is 0.410. The van der Waals surface area contributed by atoms with E-state index in [4.69, 9.17) is 6.85 Å². The zero-order valence-electron chi connectivity index (χ0n) is 14.7. The third kappa shape index (κ3) is 2.60. The van der Waals surface area contributed by atoms with Gasteiger partial charge in [0.2, 0.25) is 0 Å². The molecule has 0 spiro atoms. The highest BCUT2D eigenvalue weighted by Crippen LogP contribution is 2.25. The predicted octanol–water partition coefficient (Wildman–Crippen LogP) is 4.20. The Morgan fingerprint density at radius 3 is 2.36 bits per heavy atom. The molecule has 1 aromatic carbocycles. The Hall–Kier alpha value is -0.780. The molecule has 0 bridgehead atoms. The molecule has 0 nitrogen and oxygen atoms in total. The van der Waals surface area contributed by atoms with Gasteiger partial charge in [-0.15, -0.1) is 0 Å². The van der Waals surface area contributed by atoms with Crippen molar-refractivity contribution in [1.29, 1.82) is 0 Å². The highest BCUT2D eigenvalue weighted by atomic mass is 14.2. The number of hydrogen-bond donors (Lipinski definition) is 0. The molecule has 1 rings (SSSR count). The Kier molecular flexibility index (Phi) is 1.60. The Morgan fingerprint density at radius 2 is 1.86 bits per heavy atom. The van der Waals surface area contributed by atoms with E-state index in [0.29, 0.717) is 5.56 Å². The van der Waals surface area contributed by atoms with Crippen molar-refractivity contribution in [2.45, 2.75) is 47.8 Å². The molecule has 0 saturated heterocycles. The minimum atomic E-state index is -2.30. The summed E-state index contributed by atoms with van der Waals surface area (Å²) in [5.74, 6) is 0. The van der Waals surface area contributed by atoms with E-state index in [1.54, 1.807) is 39.8 Å². The third-order valence-corrected chi connectivity index (χ3v) is 2.25. The molecule has 1 aromatic rings. The first-order valence-corrected chi connectivity index (χ1v) is 4.91. The topological polar surface area (TPSA) is 0 Å². The highest BCUT2D eigenvalue weighted by Gasteiger charge is 2.13. The highest BCUT2D eigenvalue weighted by molar-refractivity contribution is 5.39. The zero-order valence-corrected chi connectivity index (χ0v) is 9.65. The van der Waals surface area contributed by atoms with Crippen LogP contribution >= 0.6 is 0 Å². The number of aryl methyl sites for hydroxylation is 1. The predicted molar refractivity (Wildman–Crippen MR) is 63.8 cm³/mol. The zero-order chi connectivity index (χ0) is 15.2. The molecule has 0 aliphatic carbocycles. The minimum Gasteiger partial charge on any atom is -0.0599 e. The second-order valence-corrected chi connectivity index (χ2v) is 4.81. The van der Waals surface area contributed by atoms with Crippen molar-refractivity contribution in [2.75, 3.05) is 0 Å². The summed E-state index contributed by atoms with van der Waals surface area (Å²) in [6.07, 6.45) is -1.70. The Balaban J connectivity index is 3.68. The van der Waals surface area contributed by atoms with Crippen LogP contribution in [0.25, 0.3) is 0 Å². The molecule has 0 radical (unpaired) electrons. The Morgan fingerprint density at radius 1 is 1.21 bits per heavy atom. The van der Waals surface area contributed by atoms with E-state index >= 15 is 0 Å². The first-order chi connectivity index (χ1) is 8.30. The van der Waals surface area contributed by atoms with Gasteiger partial charge in [-0.2, -0.15) is 0 Å². The van der Waals surface area contributed by atoms with E-state index in [-0.39, 0.29) is 11.1 Å². The van der Waals surface area contributed by atoms with Crippen LogP contribution in [-0.4, -0.2) is 0 Å². The van der Waals surface area contributed by atoms with E-state index in [1.165, 1.54) is 0 Å². The fourth-order valence-corrected chi connectivity index (χ4v) is 1.32. The summed E-state index contributed by atoms with van der Waals surface area (Å²) in [6.45, 7) is 6.65. The molecule has 0 N–H and O–H groups in total. The molecule has 0 aliphatic heterocycles. The van der Waals surface area contributed by atoms with Crippen LogP contribution in [0.5, 0.6) is 0 Å². The van der Waals surface area contributed by atoms with Crippen LogP contribution in [0, 0.1) is 26.1 Å². The molecule has 0 saturated carbocycles. The van der Waals surface area contributed by atoms with Gasteiger partial charge in [0.05, 0.1) is 0 Å². The van der Waals surface area contributed by atoms with Crippen LogP contribution < -0.4 is 0 Å². The lowest BCUT2D eigenvalue weighted by Crippen LogP contribution is -2.10. The van der Waals surface area contributed by atoms with Crippen LogP contribution in [0.2, 0.25) is 0 Å². The van der Waals surface area contributed by atoms with Gasteiger partial charge in [0.15, 0.2) is 0 Å². The lowest BCUT2D eigenvalue weighted by Gasteiger charge is -2.21. The molecule has 0 amide bonds. The van der Waals surface area contributed by atoms with Crippen LogP contribution in [0.3, 0.4) is 0 Å². The summed E-state index contributed by atoms with van der Waals surface area (Å²) >= 11 is 0. The molecule has 0 heteroatoms. The fraction of sp³-hybridized carbons (Fsp3) is 0.571. The average Bonchev–Trinajstić information content (AvgIpc) is 2.17. The molecule has 0 unspecified atom stereocenters. The second kappa shape index (κ2) is 3.76. The largest absolute Gasteiger partial charge is 0.0599 e. The van der Waals surface area contributed by atoms with Gasteiger partial charge in [0.25, 0.3) is 0 Å². The normalized spacial score (nSPS) is 19.1. The van der Waals surface area contributed by atoms with E-state index < -0.39 is 18.6 Å². The molecule has 0 aliphatic rings. The lowest BCUT2D eigenvalue weighted by atomic mass is 9.85. The van der Waals surface area contributed by atoms with E-state index in [9.17, 15) is 0 Å². The van der Waals surface area contributed by atoms with E-state index in [1.807, 2.05) is 6.92 Å². The van der Waals surface area contributed by atoms with Crippen molar-refractivity contribution >= 4 is 0 Å².